The van der Waals surface area contributed by atoms with Crippen LogP contribution in [0, 0.1) is 12.3 Å². The van der Waals surface area contributed by atoms with E-state index >= 15 is 0 Å². The van der Waals surface area contributed by atoms with E-state index in [0.717, 1.165) is 12.0 Å². The quantitative estimate of drug-likeness (QED) is 0.374. The van der Waals surface area contributed by atoms with Crippen molar-refractivity contribution in [2.45, 2.75) is 46.6 Å². The lowest BCUT2D eigenvalue weighted by Gasteiger charge is -2.40. The summed E-state index contributed by atoms with van der Waals surface area (Å²) in [4.78, 5) is 29.7. The Morgan fingerprint density at radius 2 is 1.97 bits per heavy atom. The fourth-order valence-electron chi connectivity index (χ4n) is 4.05. The van der Waals surface area contributed by atoms with Gasteiger partial charge < -0.3 is 18.8 Å². The average Bonchev–Trinajstić information content (AvgIpc) is 2.70. The van der Waals surface area contributed by atoms with Crippen LogP contribution in [0.25, 0.3) is 11.4 Å². The molecule has 0 radical (unpaired) electrons. The topological polar surface area (TPSA) is 79.7 Å². The molecule has 0 bridgehead atoms. The summed E-state index contributed by atoms with van der Waals surface area (Å²) in [5, 5.41) is 0.235. The zero-order valence-electron chi connectivity index (χ0n) is 18.9. The third-order valence-corrected chi connectivity index (χ3v) is 5.90. The Morgan fingerprint density at radius 3 is 2.58 bits per heavy atom. The molecule has 1 aliphatic heterocycles. The van der Waals surface area contributed by atoms with Crippen LogP contribution in [0.15, 0.2) is 16.9 Å². The van der Waals surface area contributed by atoms with Crippen LogP contribution >= 0.6 is 11.6 Å². The van der Waals surface area contributed by atoms with Crippen LogP contribution < -0.4 is 10.2 Å². The highest BCUT2D eigenvalue weighted by Gasteiger charge is 2.36. The highest BCUT2D eigenvalue weighted by molar-refractivity contribution is 6.31. The first-order valence-corrected chi connectivity index (χ1v) is 10.6. The molecule has 168 valence electrons. The van der Waals surface area contributed by atoms with Gasteiger partial charge in [0.2, 0.25) is 0 Å². The molecule has 8 heteroatoms. The normalized spacial score (nSPS) is 15.3. The highest BCUT2D eigenvalue weighted by atomic mass is 35.5. The van der Waals surface area contributed by atoms with Gasteiger partial charge in [0, 0.05) is 37.9 Å². The van der Waals surface area contributed by atoms with Gasteiger partial charge in [-0.15, -0.1) is 0 Å². The predicted molar refractivity (Wildman–Crippen MR) is 119 cm³/mol. The van der Waals surface area contributed by atoms with Crippen molar-refractivity contribution in [1.29, 1.82) is 0 Å². The maximum Gasteiger partial charge on any atom is 0.343 e. The molecule has 31 heavy (non-hydrogen) atoms. The van der Waals surface area contributed by atoms with Gasteiger partial charge in [-0.3, -0.25) is 4.79 Å². The molecule has 1 unspecified atom stereocenters. The standard InChI is InChI=1S/C23H29ClN2O5/c1-13-19(22(28)30-6)16(27)12-15-20-14(11-18(26(13)15)23(2,3)4)10-17(21(24)25-20)31-9-7-8-29-5/h10,12,18H,7-9,11H2,1-6H3. The number of hydrogen-bond acceptors (Lipinski definition) is 6. The van der Waals surface area contributed by atoms with E-state index < -0.39 is 11.4 Å². The molecule has 2 aromatic heterocycles. The number of esters is 1. The lowest BCUT2D eigenvalue weighted by atomic mass is 9.79. The van der Waals surface area contributed by atoms with Gasteiger partial charge in [0.25, 0.3) is 0 Å². The lowest BCUT2D eigenvalue weighted by molar-refractivity contribution is 0.0596. The summed E-state index contributed by atoms with van der Waals surface area (Å²) in [6, 6.07) is 3.36. The molecule has 3 heterocycles. The minimum Gasteiger partial charge on any atom is -0.490 e. The zero-order chi connectivity index (χ0) is 22.9. The third-order valence-electron chi connectivity index (χ3n) is 5.63. The van der Waals surface area contributed by atoms with Crippen LogP contribution in [0.4, 0.5) is 0 Å². The lowest BCUT2D eigenvalue weighted by Crippen LogP contribution is -2.35. The van der Waals surface area contributed by atoms with Crippen molar-refractivity contribution < 1.29 is 19.0 Å². The monoisotopic (exact) mass is 448 g/mol. The number of halogens is 1. The van der Waals surface area contributed by atoms with E-state index in [0.29, 0.717) is 42.5 Å². The van der Waals surface area contributed by atoms with Gasteiger partial charge >= 0.3 is 5.97 Å². The van der Waals surface area contributed by atoms with Crippen LogP contribution in [0.1, 0.15) is 54.8 Å². The van der Waals surface area contributed by atoms with E-state index in [1.165, 1.54) is 13.2 Å². The number of ether oxygens (including phenoxy) is 3. The van der Waals surface area contributed by atoms with Crippen molar-refractivity contribution >= 4 is 17.6 Å². The molecule has 0 N–H and O–H groups in total. The van der Waals surface area contributed by atoms with Gasteiger partial charge in [-0.1, -0.05) is 32.4 Å². The molecule has 0 fully saturated rings. The molecule has 2 aromatic rings. The first-order valence-electron chi connectivity index (χ1n) is 10.3. The Morgan fingerprint density at radius 1 is 1.26 bits per heavy atom. The van der Waals surface area contributed by atoms with Crippen LogP contribution in [0.2, 0.25) is 5.15 Å². The summed E-state index contributed by atoms with van der Waals surface area (Å²) in [5.41, 5.74) is 2.30. The molecule has 0 aliphatic carbocycles. The second-order valence-electron chi connectivity index (χ2n) is 8.78. The molecule has 0 saturated heterocycles. The number of carbonyl (C=O) groups excluding carboxylic acids is 1. The Kier molecular flexibility index (Phi) is 6.76. The smallest absolute Gasteiger partial charge is 0.343 e. The zero-order valence-corrected chi connectivity index (χ0v) is 19.6. The largest absolute Gasteiger partial charge is 0.490 e. The van der Waals surface area contributed by atoms with E-state index in [2.05, 4.69) is 25.8 Å². The van der Waals surface area contributed by atoms with Gasteiger partial charge in [0.1, 0.15) is 5.56 Å². The maximum absolute atomic E-state index is 12.8. The van der Waals surface area contributed by atoms with Crippen LogP contribution in [0.5, 0.6) is 5.75 Å². The molecule has 0 spiro atoms. The molecule has 0 amide bonds. The average molecular weight is 449 g/mol. The number of nitrogens with zero attached hydrogens (tertiary/aromatic N) is 2. The van der Waals surface area contributed by atoms with Gasteiger partial charge in [-0.25, -0.2) is 9.78 Å². The van der Waals surface area contributed by atoms with Crippen molar-refractivity contribution in [3.8, 4) is 17.1 Å². The first-order chi connectivity index (χ1) is 14.6. The SMILES string of the molecule is COCCCOc1cc2c(nc1Cl)-c1cc(=O)c(C(=O)OC)c(C)n1C(C(C)(C)C)C2. The van der Waals surface area contributed by atoms with Gasteiger partial charge in [0.15, 0.2) is 16.3 Å². The summed E-state index contributed by atoms with van der Waals surface area (Å²) in [5.74, 6) is -0.120. The number of hydrogen-bond donors (Lipinski definition) is 0. The van der Waals surface area contributed by atoms with Crippen LogP contribution in [0.3, 0.4) is 0 Å². The fourth-order valence-corrected chi connectivity index (χ4v) is 4.24. The Labute approximate surface area is 187 Å². The summed E-state index contributed by atoms with van der Waals surface area (Å²) < 4.78 is 17.8. The molecule has 1 atom stereocenters. The molecule has 7 nitrogen and oxygen atoms in total. The minimum atomic E-state index is -0.637. The van der Waals surface area contributed by atoms with Crippen molar-refractivity contribution in [3.05, 3.63) is 44.3 Å². The van der Waals surface area contributed by atoms with Crippen molar-refractivity contribution in [3.63, 3.8) is 0 Å². The number of carbonyl (C=O) groups is 1. The van der Waals surface area contributed by atoms with Crippen molar-refractivity contribution in [2.24, 2.45) is 5.41 Å². The molecule has 0 aromatic carbocycles. The van der Waals surface area contributed by atoms with E-state index in [-0.39, 0.29) is 22.2 Å². The molecule has 3 rings (SSSR count). The number of pyridine rings is 2. The molecule has 0 saturated carbocycles. The molecular weight excluding hydrogens is 420 g/mol. The number of aromatic nitrogens is 2. The first kappa shape index (κ1) is 23.3. The minimum absolute atomic E-state index is 0.0108. The highest BCUT2D eigenvalue weighted by Crippen LogP contribution is 2.44. The van der Waals surface area contributed by atoms with E-state index in [1.807, 2.05) is 10.6 Å². The van der Waals surface area contributed by atoms with Gasteiger partial charge in [-0.05, 0) is 30.4 Å². The number of methoxy groups -OCH3 is 2. The number of rotatable bonds is 6. The third kappa shape index (κ3) is 4.48. The van der Waals surface area contributed by atoms with E-state index in [9.17, 15) is 9.59 Å². The Hall–Kier alpha value is -2.38. The predicted octanol–water partition coefficient (Wildman–Crippen LogP) is 4.22. The fraction of sp³-hybridized carbons (Fsp3) is 0.522. The van der Waals surface area contributed by atoms with Gasteiger partial charge in [-0.2, -0.15) is 0 Å². The number of fused-ring (bicyclic) bond motifs is 3. The van der Waals surface area contributed by atoms with E-state index in [1.54, 1.807) is 14.0 Å². The summed E-state index contributed by atoms with van der Waals surface area (Å²) >= 11 is 6.42. The second kappa shape index (κ2) is 9.01. The van der Waals surface area contributed by atoms with Crippen LogP contribution in [-0.4, -0.2) is 43.0 Å². The maximum atomic E-state index is 12.8. The van der Waals surface area contributed by atoms with E-state index in [4.69, 9.17) is 25.8 Å². The Bertz CT molecular complexity index is 1060. The molecular formula is C23H29ClN2O5. The second-order valence-corrected chi connectivity index (χ2v) is 9.14. The Balaban J connectivity index is 2.18. The van der Waals surface area contributed by atoms with Crippen molar-refractivity contribution in [1.82, 2.24) is 9.55 Å². The summed E-state index contributed by atoms with van der Waals surface area (Å²) in [7, 11) is 2.92. The van der Waals surface area contributed by atoms with Crippen LogP contribution in [-0.2, 0) is 15.9 Å². The molecule has 1 aliphatic rings. The van der Waals surface area contributed by atoms with Gasteiger partial charge in [0.05, 0.1) is 25.1 Å². The summed E-state index contributed by atoms with van der Waals surface area (Å²) in [6.07, 6.45) is 1.40. The summed E-state index contributed by atoms with van der Waals surface area (Å²) in [6.45, 7) is 9.23. The van der Waals surface area contributed by atoms with Crippen molar-refractivity contribution in [2.75, 3.05) is 27.4 Å².